The van der Waals surface area contributed by atoms with Crippen molar-refractivity contribution in [3.8, 4) is 10.7 Å². The van der Waals surface area contributed by atoms with Crippen LogP contribution in [0, 0.1) is 5.92 Å². The molecule has 0 aliphatic carbocycles. The first-order valence-electron chi connectivity index (χ1n) is 8.28. The zero-order valence-corrected chi connectivity index (χ0v) is 15.5. The maximum atomic E-state index is 12.4. The number of nitrogens with zero attached hydrogens (tertiary/aromatic N) is 3. The summed E-state index contributed by atoms with van der Waals surface area (Å²) < 4.78 is 0. The highest BCUT2D eigenvalue weighted by molar-refractivity contribution is 7.13. The van der Waals surface area contributed by atoms with Gasteiger partial charge in [-0.05, 0) is 32.9 Å². The fourth-order valence-electron chi connectivity index (χ4n) is 2.85. The highest BCUT2D eigenvalue weighted by atomic mass is 32.1. The van der Waals surface area contributed by atoms with E-state index >= 15 is 0 Å². The Kier molecular flexibility index (Phi) is 4.85. The zero-order valence-electron chi connectivity index (χ0n) is 14.7. The Morgan fingerprint density at radius 3 is 2.84 bits per heavy atom. The predicted octanol–water partition coefficient (Wildman–Crippen LogP) is 2.47. The molecule has 2 amide bonds. The van der Waals surface area contributed by atoms with Gasteiger partial charge in [0.2, 0.25) is 11.8 Å². The van der Waals surface area contributed by atoms with Crippen molar-refractivity contribution in [2.75, 3.05) is 6.54 Å². The van der Waals surface area contributed by atoms with Crippen LogP contribution in [0.4, 0.5) is 0 Å². The van der Waals surface area contributed by atoms with Crippen molar-refractivity contribution >= 4 is 23.2 Å². The molecule has 25 heavy (non-hydrogen) atoms. The van der Waals surface area contributed by atoms with Gasteiger partial charge >= 0.3 is 0 Å². The van der Waals surface area contributed by atoms with Gasteiger partial charge in [-0.3, -0.25) is 14.6 Å². The van der Waals surface area contributed by atoms with Crippen molar-refractivity contribution in [1.82, 2.24) is 20.2 Å². The van der Waals surface area contributed by atoms with Crippen LogP contribution in [0.15, 0.2) is 29.8 Å². The second kappa shape index (κ2) is 6.92. The van der Waals surface area contributed by atoms with Crippen LogP contribution in [0.5, 0.6) is 0 Å². The SMILES string of the molecule is CC(C)(C)N1CC(C(=O)NCc2csc(-c3ccccn3)n2)CC1=O. The van der Waals surface area contributed by atoms with Crippen LogP contribution in [0.25, 0.3) is 10.7 Å². The molecule has 0 spiro atoms. The van der Waals surface area contributed by atoms with Gasteiger partial charge in [-0.15, -0.1) is 11.3 Å². The third-order valence-corrected chi connectivity index (χ3v) is 5.10. The first-order chi connectivity index (χ1) is 11.8. The fourth-order valence-corrected chi connectivity index (χ4v) is 3.64. The van der Waals surface area contributed by atoms with Gasteiger partial charge in [-0.1, -0.05) is 6.07 Å². The van der Waals surface area contributed by atoms with Gasteiger partial charge in [-0.2, -0.15) is 0 Å². The second-order valence-electron chi connectivity index (χ2n) is 7.15. The molecule has 0 saturated carbocycles. The lowest BCUT2D eigenvalue weighted by atomic mass is 10.1. The number of thiazole rings is 1. The van der Waals surface area contributed by atoms with Crippen LogP contribution in [-0.4, -0.2) is 38.8 Å². The molecule has 1 atom stereocenters. The molecule has 0 bridgehead atoms. The third-order valence-electron chi connectivity index (χ3n) is 4.19. The van der Waals surface area contributed by atoms with Crippen molar-refractivity contribution in [2.24, 2.45) is 5.92 Å². The topological polar surface area (TPSA) is 75.2 Å². The molecule has 1 saturated heterocycles. The summed E-state index contributed by atoms with van der Waals surface area (Å²) in [5, 5.41) is 5.66. The standard InChI is InChI=1S/C18H22N4O2S/c1-18(2,3)22-10-12(8-15(22)23)16(24)20-9-13-11-25-17(21-13)14-6-4-5-7-19-14/h4-7,11-12H,8-10H2,1-3H3,(H,20,24). The minimum Gasteiger partial charge on any atom is -0.350 e. The van der Waals surface area contributed by atoms with E-state index in [1.165, 1.54) is 11.3 Å². The Labute approximate surface area is 151 Å². The quantitative estimate of drug-likeness (QED) is 0.911. The lowest BCUT2D eigenvalue weighted by Gasteiger charge is -2.31. The van der Waals surface area contributed by atoms with Crippen LogP contribution in [0.1, 0.15) is 32.9 Å². The number of hydrogen-bond donors (Lipinski definition) is 1. The Morgan fingerprint density at radius 1 is 1.40 bits per heavy atom. The molecule has 2 aromatic rings. The second-order valence-corrected chi connectivity index (χ2v) is 8.01. The molecule has 1 fully saturated rings. The molecular weight excluding hydrogens is 336 g/mol. The highest BCUT2D eigenvalue weighted by Crippen LogP contribution is 2.26. The maximum Gasteiger partial charge on any atom is 0.225 e. The Hall–Kier alpha value is -2.28. The minimum absolute atomic E-state index is 0.0405. The van der Waals surface area contributed by atoms with Crippen LogP contribution < -0.4 is 5.32 Å². The summed E-state index contributed by atoms with van der Waals surface area (Å²) in [6, 6.07) is 5.69. The molecule has 1 aliphatic heterocycles. The van der Waals surface area contributed by atoms with Crippen molar-refractivity contribution < 1.29 is 9.59 Å². The fraction of sp³-hybridized carbons (Fsp3) is 0.444. The lowest BCUT2D eigenvalue weighted by molar-refractivity contribution is -0.132. The molecule has 0 aromatic carbocycles. The van der Waals surface area contributed by atoms with Crippen LogP contribution in [0.3, 0.4) is 0 Å². The van der Waals surface area contributed by atoms with E-state index in [1.807, 2.05) is 44.4 Å². The number of nitrogens with one attached hydrogen (secondary N) is 1. The van der Waals surface area contributed by atoms with Crippen molar-refractivity contribution in [2.45, 2.75) is 39.3 Å². The number of amides is 2. The summed E-state index contributed by atoms with van der Waals surface area (Å²) in [5.41, 5.74) is 1.38. The van der Waals surface area contributed by atoms with Crippen LogP contribution in [-0.2, 0) is 16.1 Å². The van der Waals surface area contributed by atoms with E-state index in [-0.39, 0.29) is 29.7 Å². The molecular formula is C18H22N4O2S. The largest absolute Gasteiger partial charge is 0.350 e. The smallest absolute Gasteiger partial charge is 0.225 e. The van der Waals surface area contributed by atoms with E-state index < -0.39 is 0 Å². The molecule has 1 unspecified atom stereocenters. The highest BCUT2D eigenvalue weighted by Gasteiger charge is 2.39. The van der Waals surface area contributed by atoms with E-state index in [0.717, 1.165) is 16.4 Å². The van der Waals surface area contributed by atoms with Gasteiger partial charge in [0.25, 0.3) is 0 Å². The molecule has 132 valence electrons. The predicted molar refractivity (Wildman–Crippen MR) is 96.8 cm³/mol. The average Bonchev–Trinajstić information content (AvgIpc) is 3.20. The lowest BCUT2D eigenvalue weighted by Crippen LogP contribution is -2.43. The van der Waals surface area contributed by atoms with E-state index in [4.69, 9.17) is 0 Å². The Bertz CT molecular complexity index is 767. The molecule has 3 rings (SSSR count). The van der Waals surface area contributed by atoms with Crippen molar-refractivity contribution in [1.29, 1.82) is 0 Å². The summed E-state index contributed by atoms with van der Waals surface area (Å²) in [4.78, 5) is 35.1. The normalized spacial score (nSPS) is 17.8. The first kappa shape index (κ1) is 17.5. The van der Waals surface area contributed by atoms with E-state index in [9.17, 15) is 9.59 Å². The molecule has 6 nitrogen and oxygen atoms in total. The number of pyridine rings is 1. The molecule has 1 aliphatic rings. The van der Waals surface area contributed by atoms with Gasteiger partial charge in [0.1, 0.15) is 5.01 Å². The molecule has 3 heterocycles. The van der Waals surface area contributed by atoms with Gasteiger partial charge in [0, 0.05) is 30.1 Å². The summed E-state index contributed by atoms with van der Waals surface area (Å²) in [6.45, 7) is 6.80. The van der Waals surface area contributed by atoms with E-state index in [0.29, 0.717) is 13.1 Å². The summed E-state index contributed by atoms with van der Waals surface area (Å²) in [5.74, 6) is -0.341. The van der Waals surface area contributed by atoms with Gasteiger partial charge in [0.05, 0.1) is 23.9 Å². The van der Waals surface area contributed by atoms with Crippen molar-refractivity contribution in [3.05, 3.63) is 35.5 Å². The monoisotopic (exact) mass is 358 g/mol. The summed E-state index contributed by atoms with van der Waals surface area (Å²) in [7, 11) is 0. The first-order valence-corrected chi connectivity index (χ1v) is 9.16. The summed E-state index contributed by atoms with van der Waals surface area (Å²) >= 11 is 1.50. The molecule has 2 aromatic heterocycles. The third kappa shape index (κ3) is 4.04. The Balaban J connectivity index is 1.57. The van der Waals surface area contributed by atoms with Crippen LogP contribution in [0.2, 0.25) is 0 Å². The number of aromatic nitrogens is 2. The number of hydrogen-bond acceptors (Lipinski definition) is 5. The van der Waals surface area contributed by atoms with Gasteiger partial charge in [-0.25, -0.2) is 4.98 Å². The van der Waals surface area contributed by atoms with Crippen LogP contribution >= 0.6 is 11.3 Å². The Morgan fingerprint density at radius 2 is 2.20 bits per heavy atom. The number of rotatable bonds is 4. The van der Waals surface area contributed by atoms with Crippen molar-refractivity contribution in [3.63, 3.8) is 0 Å². The molecule has 1 N–H and O–H groups in total. The summed E-state index contributed by atoms with van der Waals surface area (Å²) in [6.07, 6.45) is 2.01. The molecule has 7 heteroatoms. The zero-order chi connectivity index (χ0) is 18.0. The number of likely N-dealkylation sites (tertiary alicyclic amines) is 1. The number of carbonyl (C=O) groups is 2. The van der Waals surface area contributed by atoms with E-state index in [1.54, 1.807) is 11.1 Å². The van der Waals surface area contributed by atoms with Gasteiger partial charge in [0.15, 0.2) is 0 Å². The van der Waals surface area contributed by atoms with Gasteiger partial charge < -0.3 is 10.2 Å². The minimum atomic E-state index is -0.291. The van der Waals surface area contributed by atoms with E-state index in [2.05, 4.69) is 15.3 Å². The molecule has 0 radical (unpaired) electrons. The number of carbonyl (C=O) groups excluding carboxylic acids is 2. The maximum absolute atomic E-state index is 12.4. The average molecular weight is 358 g/mol.